The van der Waals surface area contributed by atoms with Crippen LogP contribution in [0.2, 0.25) is 0 Å². The number of nitrogens with zero attached hydrogens (tertiary/aromatic N) is 5. The number of aromatic nitrogens is 3. The molecule has 0 atom stereocenters. The second kappa shape index (κ2) is 10.0. The van der Waals surface area contributed by atoms with E-state index in [2.05, 4.69) is 39.1 Å². The summed E-state index contributed by atoms with van der Waals surface area (Å²) in [6, 6.07) is 22.0. The average molecular weight is 495 g/mol. The van der Waals surface area contributed by atoms with Crippen molar-refractivity contribution in [2.24, 2.45) is 0 Å². The van der Waals surface area contributed by atoms with Crippen molar-refractivity contribution in [2.75, 3.05) is 31.1 Å². The van der Waals surface area contributed by atoms with Crippen LogP contribution < -0.4 is 10.2 Å². The molecule has 188 valence electrons. The minimum atomic E-state index is -0.116. The zero-order valence-corrected chi connectivity index (χ0v) is 20.7. The molecule has 2 aliphatic rings. The van der Waals surface area contributed by atoms with Crippen LogP contribution >= 0.6 is 0 Å². The van der Waals surface area contributed by atoms with Gasteiger partial charge in [-0.3, -0.25) is 9.69 Å². The molecule has 4 aromatic rings. The van der Waals surface area contributed by atoms with Crippen LogP contribution in [0.1, 0.15) is 40.6 Å². The molecular weight excluding hydrogens is 464 g/mol. The topological polar surface area (TPSA) is 83.4 Å². The fraction of sp³-hybridized carbons (Fsp3) is 0.310. The number of benzene rings is 2. The van der Waals surface area contributed by atoms with E-state index in [0.29, 0.717) is 31.7 Å². The van der Waals surface area contributed by atoms with Gasteiger partial charge < -0.3 is 14.8 Å². The third-order valence-electron chi connectivity index (χ3n) is 7.38. The highest BCUT2D eigenvalue weighted by atomic mass is 16.2. The number of rotatable bonds is 6. The minimum absolute atomic E-state index is 0.0119. The summed E-state index contributed by atoms with van der Waals surface area (Å²) in [4.78, 5) is 38.6. The molecule has 2 saturated heterocycles. The molecule has 2 aliphatic heterocycles. The van der Waals surface area contributed by atoms with Gasteiger partial charge in [0.15, 0.2) is 5.65 Å². The molecule has 0 bridgehead atoms. The van der Waals surface area contributed by atoms with Crippen LogP contribution in [0.4, 0.5) is 10.5 Å². The molecule has 4 heterocycles. The van der Waals surface area contributed by atoms with Gasteiger partial charge in [0.1, 0.15) is 11.3 Å². The van der Waals surface area contributed by atoms with E-state index >= 15 is 0 Å². The lowest BCUT2D eigenvalue weighted by molar-refractivity contribution is 0.0695. The van der Waals surface area contributed by atoms with Crippen molar-refractivity contribution in [3.8, 4) is 0 Å². The van der Waals surface area contributed by atoms with Gasteiger partial charge in [0.25, 0.3) is 5.91 Å². The van der Waals surface area contributed by atoms with Crippen LogP contribution in [-0.2, 0) is 12.8 Å². The van der Waals surface area contributed by atoms with Crippen molar-refractivity contribution in [3.05, 3.63) is 89.9 Å². The minimum Gasteiger partial charge on any atom is -0.338 e. The molecule has 6 rings (SSSR count). The van der Waals surface area contributed by atoms with Crippen molar-refractivity contribution >= 4 is 28.8 Å². The van der Waals surface area contributed by atoms with E-state index in [1.807, 2.05) is 53.6 Å². The number of anilines is 1. The Hall–Kier alpha value is -4.20. The van der Waals surface area contributed by atoms with Crippen LogP contribution in [0.15, 0.2) is 72.9 Å². The molecule has 2 aromatic heterocycles. The summed E-state index contributed by atoms with van der Waals surface area (Å²) >= 11 is 0. The summed E-state index contributed by atoms with van der Waals surface area (Å²) in [7, 11) is 0. The predicted molar refractivity (Wildman–Crippen MR) is 143 cm³/mol. The molecule has 1 N–H and O–H groups in total. The van der Waals surface area contributed by atoms with Gasteiger partial charge in [0.2, 0.25) is 0 Å². The summed E-state index contributed by atoms with van der Waals surface area (Å²) < 4.78 is 2.31. The molecule has 0 radical (unpaired) electrons. The first kappa shape index (κ1) is 23.2. The van der Waals surface area contributed by atoms with Gasteiger partial charge in [-0.2, -0.15) is 0 Å². The van der Waals surface area contributed by atoms with Crippen LogP contribution in [0.25, 0.3) is 11.2 Å². The van der Waals surface area contributed by atoms with E-state index in [9.17, 15) is 9.59 Å². The summed E-state index contributed by atoms with van der Waals surface area (Å²) in [6.07, 6.45) is 5.29. The van der Waals surface area contributed by atoms with Gasteiger partial charge in [-0.05, 0) is 55.2 Å². The van der Waals surface area contributed by atoms with Gasteiger partial charge >= 0.3 is 6.03 Å². The molecule has 8 nitrogen and oxygen atoms in total. The Morgan fingerprint density at radius 3 is 2.57 bits per heavy atom. The lowest BCUT2D eigenvalue weighted by atomic mass is 10.0. The van der Waals surface area contributed by atoms with E-state index in [-0.39, 0.29) is 18.0 Å². The standard InChI is InChI=1S/C29H30N6O2/c36-28(22-8-4-9-24(20-22)34-19-16-31-29(34)37)33-17-13-23(14-18-33)35-26(12-11-21-6-2-1-3-7-21)32-25-10-5-15-30-27(25)35/h1-10,15,20,23H,11-14,16-19H2,(H,31,37). The Morgan fingerprint density at radius 2 is 1.78 bits per heavy atom. The number of hydrogen-bond acceptors (Lipinski definition) is 4. The number of aryl methyl sites for hydroxylation is 2. The Morgan fingerprint density at radius 1 is 0.946 bits per heavy atom. The van der Waals surface area contributed by atoms with Crippen molar-refractivity contribution in [1.29, 1.82) is 0 Å². The zero-order chi connectivity index (χ0) is 25.2. The molecule has 3 amide bonds. The SMILES string of the molecule is O=C(c1cccc(N2CCNC2=O)c1)N1CCC(n2c(CCc3ccccc3)nc3cccnc32)CC1. The molecule has 0 aliphatic carbocycles. The average Bonchev–Trinajstić information content (AvgIpc) is 3.55. The van der Waals surface area contributed by atoms with Crippen molar-refractivity contribution in [2.45, 2.75) is 31.7 Å². The number of piperidine rings is 1. The maximum atomic E-state index is 13.4. The first-order valence-electron chi connectivity index (χ1n) is 13.0. The summed E-state index contributed by atoms with van der Waals surface area (Å²) in [5.41, 5.74) is 4.52. The maximum Gasteiger partial charge on any atom is 0.321 e. The molecular formula is C29H30N6O2. The van der Waals surface area contributed by atoms with Gasteiger partial charge in [0, 0.05) is 56.1 Å². The summed E-state index contributed by atoms with van der Waals surface area (Å²) in [5, 5.41) is 2.81. The highest BCUT2D eigenvalue weighted by Crippen LogP contribution is 2.30. The van der Waals surface area contributed by atoms with Gasteiger partial charge in [0.05, 0.1) is 0 Å². The first-order chi connectivity index (χ1) is 18.2. The fourth-order valence-electron chi connectivity index (χ4n) is 5.47. The van der Waals surface area contributed by atoms with Gasteiger partial charge in [-0.15, -0.1) is 0 Å². The van der Waals surface area contributed by atoms with Crippen LogP contribution in [-0.4, -0.2) is 57.6 Å². The molecule has 8 heteroatoms. The highest BCUT2D eigenvalue weighted by molar-refractivity contribution is 5.98. The first-order valence-corrected chi connectivity index (χ1v) is 13.0. The third-order valence-corrected chi connectivity index (χ3v) is 7.38. The van der Waals surface area contributed by atoms with E-state index < -0.39 is 0 Å². The number of urea groups is 1. The van der Waals surface area contributed by atoms with Crippen LogP contribution in [0.3, 0.4) is 0 Å². The lowest BCUT2D eigenvalue weighted by Gasteiger charge is -2.33. The highest BCUT2D eigenvalue weighted by Gasteiger charge is 2.28. The van der Waals surface area contributed by atoms with Crippen molar-refractivity contribution in [3.63, 3.8) is 0 Å². The predicted octanol–water partition coefficient (Wildman–Crippen LogP) is 4.22. The van der Waals surface area contributed by atoms with E-state index in [0.717, 1.165) is 48.4 Å². The monoisotopic (exact) mass is 494 g/mol. The van der Waals surface area contributed by atoms with Crippen LogP contribution in [0, 0.1) is 0 Å². The van der Waals surface area contributed by atoms with E-state index in [4.69, 9.17) is 4.98 Å². The molecule has 0 unspecified atom stereocenters. The smallest absolute Gasteiger partial charge is 0.321 e. The van der Waals surface area contributed by atoms with Crippen molar-refractivity contribution in [1.82, 2.24) is 24.8 Å². The number of carbonyl (C=O) groups excluding carboxylic acids is 2. The zero-order valence-electron chi connectivity index (χ0n) is 20.7. The van der Waals surface area contributed by atoms with E-state index in [1.165, 1.54) is 5.56 Å². The Kier molecular flexibility index (Phi) is 6.30. The quantitative estimate of drug-likeness (QED) is 0.435. The van der Waals surface area contributed by atoms with Crippen molar-refractivity contribution < 1.29 is 9.59 Å². The largest absolute Gasteiger partial charge is 0.338 e. The number of nitrogens with one attached hydrogen (secondary N) is 1. The van der Waals surface area contributed by atoms with Crippen LogP contribution in [0.5, 0.6) is 0 Å². The molecule has 37 heavy (non-hydrogen) atoms. The lowest BCUT2D eigenvalue weighted by Crippen LogP contribution is -2.39. The summed E-state index contributed by atoms with van der Waals surface area (Å²) in [6.45, 7) is 2.57. The number of fused-ring (bicyclic) bond motifs is 1. The van der Waals surface area contributed by atoms with E-state index in [1.54, 1.807) is 4.90 Å². The van der Waals surface area contributed by atoms with Gasteiger partial charge in [-0.25, -0.2) is 14.8 Å². The normalized spacial score (nSPS) is 16.4. The Bertz CT molecular complexity index is 1420. The molecule has 2 fully saturated rings. The maximum absolute atomic E-state index is 13.4. The second-order valence-electron chi connectivity index (χ2n) is 9.69. The molecule has 0 spiro atoms. The van der Waals surface area contributed by atoms with Gasteiger partial charge in [-0.1, -0.05) is 36.4 Å². The number of amides is 3. The second-order valence-corrected chi connectivity index (χ2v) is 9.69. The Labute approximate surface area is 215 Å². The number of pyridine rings is 1. The fourth-order valence-corrected chi connectivity index (χ4v) is 5.47. The number of likely N-dealkylation sites (tertiary alicyclic amines) is 1. The Balaban J connectivity index is 1.18. The molecule has 2 aromatic carbocycles. The number of carbonyl (C=O) groups is 2. The third kappa shape index (κ3) is 4.67. The summed E-state index contributed by atoms with van der Waals surface area (Å²) in [5.74, 6) is 1.07. The molecule has 0 saturated carbocycles. The number of imidazole rings is 1. The number of hydrogen-bond donors (Lipinski definition) is 1.